The molecule has 8 aromatic carbocycles. The van der Waals surface area contributed by atoms with Gasteiger partial charge in [-0.25, -0.2) is 10.4 Å². The number of para-hydroxylation sites is 1. The highest BCUT2D eigenvalue weighted by atomic mass is 16.2. The molecule has 9 aromatic rings. The Morgan fingerprint density at radius 3 is 2.33 bits per heavy atom. The van der Waals surface area contributed by atoms with Gasteiger partial charge in [-0.1, -0.05) is 97.1 Å². The number of rotatable bonds is 6. The first kappa shape index (κ1) is 37.0. The molecule has 18 rings (SSSR count). The molecule has 0 radical (unpaired) electrons. The van der Waals surface area contributed by atoms with Crippen LogP contribution in [0.3, 0.4) is 0 Å². The maximum absolute atomic E-state index is 13.9. The molecule has 1 saturated heterocycles. The Kier molecular flexibility index (Phi) is 6.56. The second-order valence-electron chi connectivity index (χ2n) is 21.6. The van der Waals surface area contributed by atoms with E-state index < -0.39 is 0 Å². The largest absolute Gasteiger partial charge is 0.298 e. The summed E-state index contributed by atoms with van der Waals surface area (Å²) in [5, 5.41) is 8.00. The quantitative estimate of drug-likeness (QED) is 0.133. The SMILES string of the molecule is CN1CC2c3cc4c5c6c3-c3c(cc7c8c3C6C3C6=C5C(C4)Cc4ccc5cc(c-8c3c5c46)C7)C2C1c1ccc(/C=N/NC(=O)c2ccc(-n3c(-c4ccccc4)nc4ccccc4c3=O)cc2)cc1. The molecule has 0 spiro atoms. The first-order valence-corrected chi connectivity index (χ1v) is 25.0. The van der Waals surface area contributed by atoms with Crippen LogP contribution < -0.4 is 11.0 Å². The van der Waals surface area contributed by atoms with Crippen LogP contribution in [0.25, 0.3) is 72.2 Å². The zero-order valence-electron chi connectivity index (χ0n) is 38.2. The van der Waals surface area contributed by atoms with E-state index in [-0.39, 0.29) is 17.5 Å². The number of allylic oxidation sites excluding steroid dienone is 2. The Balaban J connectivity index is 0.672. The number of likely N-dealkylation sites (tertiary alicyclic amines) is 1. The average molecular weight is 900 g/mol. The van der Waals surface area contributed by atoms with Crippen molar-refractivity contribution in [1.29, 1.82) is 0 Å². The molecule has 1 aromatic heterocycles. The van der Waals surface area contributed by atoms with Crippen LogP contribution in [0.5, 0.6) is 0 Å². The van der Waals surface area contributed by atoms with Crippen LogP contribution in [-0.4, -0.2) is 40.2 Å². The number of hydrazone groups is 1. The molecule has 0 saturated carbocycles. The number of carbonyl (C=O) groups is 1. The lowest BCUT2D eigenvalue weighted by Gasteiger charge is -2.39. The van der Waals surface area contributed by atoms with Crippen LogP contribution >= 0.6 is 0 Å². The molecule has 6 atom stereocenters. The summed E-state index contributed by atoms with van der Waals surface area (Å²) in [7, 11) is 2.34. The van der Waals surface area contributed by atoms with Crippen molar-refractivity contribution < 1.29 is 4.79 Å². The number of likely N-dealkylation sites (N-methyl/N-ethyl adjacent to an activating group) is 1. The van der Waals surface area contributed by atoms with Gasteiger partial charge in [0.25, 0.3) is 11.5 Å². The van der Waals surface area contributed by atoms with Crippen LogP contribution in [0.15, 0.2) is 143 Å². The molecule has 330 valence electrons. The molecule has 2 heterocycles. The first-order chi connectivity index (χ1) is 34.5. The van der Waals surface area contributed by atoms with Gasteiger partial charge in [0.1, 0.15) is 5.82 Å². The van der Waals surface area contributed by atoms with E-state index >= 15 is 0 Å². The highest BCUT2D eigenvalue weighted by Gasteiger charge is 2.60. The minimum absolute atomic E-state index is 0.169. The fourth-order valence-corrected chi connectivity index (χ4v) is 16.2. The lowest BCUT2D eigenvalue weighted by molar-refractivity contribution is 0.0955. The average Bonchev–Trinajstić information content (AvgIpc) is 4.21. The number of nitrogens with zero attached hydrogens (tertiary/aromatic N) is 4. The van der Waals surface area contributed by atoms with E-state index in [1.165, 1.54) is 23.8 Å². The summed E-state index contributed by atoms with van der Waals surface area (Å²) in [5.74, 6) is 2.48. The van der Waals surface area contributed by atoms with Gasteiger partial charge in [-0.3, -0.25) is 19.1 Å². The van der Waals surface area contributed by atoms with Gasteiger partial charge in [-0.05, 0) is 185 Å². The predicted molar refractivity (Wildman–Crippen MR) is 275 cm³/mol. The van der Waals surface area contributed by atoms with E-state index in [1.807, 2.05) is 48.5 Å². The normalized spacial score (nSPS) is 22.9. The molecule has 1 N–H and O–H groups in total. The van der Waals surface area contributed by atoms with Gasteiger partial charge in [0.2, 0.25) is 0 Å². The number of aromatic nitrogens is 2. The molecule has 8 aliphatic carbocycles. The highest BCUT2D eigenvalue weighted by Crippen LogP contribution is 2.77. The Labute approximate surface area is 402 Å². The smallest absolute Gasteiger partial charge is 0.271 e. The molecule has 6 unspecified atom stereocenters. The van der Waals surface area contributed by atoms with E-state index in [4.69, 9.17) is 4.98 Å². The van der Waals surface area contributed by atoms with Gasteiger partial charge in [0.05, 0.1) is 22.8 Å². The zero-order chi connectivity index (χ0) is 45.6. The van der Waals surface area contributed by atoms with Crippen molar-refractivity contribution in [1.82, 2.24) is 19.9 Å². The van der Waals surface area contributed by atoms with Crippen molar-refractivity contribution in [2.45, 2.75) is 49.0 Å². The van der Waals surface area contributed by atoms with Crippen molar-refractivity contribution in [3.63, 3.8) is 0 Å². The summed E-state index contributed by atoms with van der Waals surface area (Å²) in [6.45, 7) is 1.04. The third-order valence-corrected chi connectivity index (χ3v) is 18.4. The second kappa shape index (κ2) is 12.4. The van der Waals surface area contributed by atoms with Crippen LogP contribution in [0.4, 0.5) is 0 Å². The third kappa shape index (κ3) is 4.24. The fourth-order valence-electron chi connectivity index (χ4n) is 16.2. The minimum Gasteiger partial charge on any atom is -0.298 e. The van der Waals surface area contributed by atoms with Crippen LogP contribution in [0.1, 0.15) is 112 Å². The van der Waals surface area contributed by atoms with E-state index in [0.29, 0.717) is 57.6 Å². The van der Waals surface area contributed by atoms with Gasteiger partial charge < -0.3 is 0 Å². The predicted octanol–water partition coefficient (Wildman–Crippen LogP) is 11.6. The van der Waals surface area contributed by atoms with Crippen molar-refractivity contribution in [2.75, 3.05) is 13.6 Å². The van der Waals surface area contributed by atoms with Gasteiger partial charge in [-0.2, -0.15) is 5.10 Å². The summed E-state index contributed by atoms with van der Waals surface area (Å²) < 4.78 is 1.61. The fraction of sp³-hybridized carbons (Fsp3) is 0.175. The Morgan fingerprint density at radius 1 is 0.700 bits per heavy atom. The third-order valence-electron chi connectivity index (χ3n) is 18.4. The van der Waals surface area contributed by atoms with Crippen LogP contribution in [0.2, 0.25) is 0 Å². The lowest BCUT2D eigenvalue weighted by Crippen LogP contribution is -2.23. The Hall–Kier alpha value is -8.00. The number of hydrogen-bond acceptors (Lipinski definition) is 5. The van der Waals surface area contributed by atoms with E-state index in [9.17, 15) is 9.59 Å². The summed E-state index contributed by atoms with van der Waals surface area (Å²) in [4.78, 5) is 34.8. The van der Waals surface area contributed by atoms with Crippen molar-refractivity contribution in [3.8, 4) is 39.3 Å². The summed E-state index contributed by atoms with van der Waals surface area (Å²) in [5.41, 5.74) is 35.3. The van der Waals surface area contributed by atoms with Gasteiger partial charge in [0.15, 0.2) is 0 Å². The van der Waals surface area contributed by atoms with Crippen molar-refractivity contribution in [3.05, 3.63) is 222 Å². The summed E-state index contributed by atoms with van der Waals surface area (Å²) in [6.07, 6.45) is 5.11. The number of fused-ring (bicyclic) bond motifs is 4. The zero-order valence-corrected chi connectivity index (χ0v) is 38.2. The van der Waals surface area contributed by atoms with E-state index in [2.05, 4.69) is 77.1 Å². The lowest BCUT2D eigenvalue weighted by atomic mass is 9.63. The molecule has 1 fully saturated rings. The summed E-state index contributed by atoms with van der Waals surface area (Å²) >= 11 is 0. The number of nitrogens with one attached hydrogen (secondary N) is 1. The Morgan fingerprint density at radius 2 is 1.46 bits per heavy atom. The van der Waals surface area contributed by atoms with Crippen molar-refractivity contribution >= 4 is 44.9 Å². The molecule has 7 nitrogen and oxygen atoms in total. The maximum Gasteiger partial charge on any atom is 0.271 e. The minimum atomic E-state index is -0.332. The van der Waals surface area contributed by atoms with E-state index in [1.54, 1.807) is 141 Å². The topological polar surface area (TPSA) is 79.6 Å². The van der Waals surface area contributed by atoms with Crippen LogP contribution in [0, 0.1) is 5.92 Å². The first-order valence-electron chi connectivity index (χ1n) is 25.0. The number of amides is 1. The molecule has 1 aliphatic heterocycles. The van der Waals surface area contributed by atoms with Crippen molar-refractivity contribution in [2.24, 2.45) is 11.0 Å². The molecule has 9 aliphatic rings. The number of hydrogen-bond donors (Lipinski definition) is 1. The molecule has 70 heavy (non-hydrogen) atoms. The molecule has 7 heteroatoms. The maximum atomic E-state index is 13.9. The second-order valence-corrected chi connectivity index (χ2v) is 21.6. The molecule has 1 amide bonds. The van der Waals surface area contributed by atoms with Gasteiger partial charge in [-0.15, -0.1) is 0 Å². The Bertz CT molecular complexity index is 4180. The number of benzene rings is 8. The molecule has 0 bridgehead atoms. The standard InChI is InChI=1S/C63H41N5O2/c1-67-28-43-41-25-37-23-35-21-33-15-16-34-22-36-24-38-26-42(53-52(41)56-49(37)47(35)54-45(33)46(34)55-48(36)50(38)57(53)59(56)58(54)55)51(43)60(67)30-13-11-29(12-14-30)27-64-66-62(69)32-17-19-39(20-18-32)68-61(31-7-3-2-4-8-31)65-44-10-6-5-9-40(44)63(68)70/h2-20,22,25-27,35,43,51,58-60H,21,23-24,28H2,1H3,(H,66,69)/b64-27+. The van der Waals surface area contributed by atoms with Gasteiger partial charge >= 0.3 is 0 Å². The van der Waals surface area contributed by atoms with E-state index in [0.717, 1.165) is 24.1 Å². The van der Waals surface area contributed by atoms with Crippen LogP contribution in [-0.2, 0) is 19.3 Å². The molecular formula is C63H41N5O2. The summed E-state index contributed by atoms with van der Waals surface area (Å²) in [6, 6.07) is 46.1. The number of carbonyl (C=O) groups excluding carboxylic acids is 1. The molecular weight excluding hydrogens is 859 g/mol. The monoisotopic (exact) mass is 899 g/mol. The van der Waals surface area contributed by atoms with Gasteiger partial charge in [0, 0.05) is 47.4 Å². The highest BCUT2D eigenvalue weighted by molar-refractivity contribution is 6.21.